The van der Waals surface area contributed by atoms with Crippen LogP contribution >= 0.6 is 11.6 Å². The molecule has 38 heavy (non-hydrogen) atoms. The van der Waals surface area contributed by atoms with E-state index in [0.29, 0.717) is 35.4 Å². The summed E-state index contributed by atoms with van der Waals surface area (Å²) in [5.41, 5.74) is 4.04. The highest BCUT2D eigenvalue weighted by Gasteiger charge is 2.42. The summed E-state index contributed by atoms with van der Waals surface area (Å²) >= 11 is 6.15. The van der Waals surface area contributed by atoms with Crippen LogP contribution in [-0.4, -0.2) is 79.0 Å². The number of methoxy groups -OCH3 is 1. The molecule has 1 aromatic heterocycles. The maximum Gasteiger partial charge on any atom is 0.273 e. The Morgan fingerprint density at radius 1 is 1.08 bits per heavy atom. The second-order valence-electron chi connectivity index (χ2n) is 9.69. The first kappa shape index (κ1) is 26.5. The van der Waals surface area contributed by atoms with Gasteiger partial charge < -0.3 is 19.1 Å². The van der Waals surface area contributed by atoms with Gasteiger partial charge in [0.15, 0.2) is 11.5 Å². The molecule has 8 nitrogen and oxygen atoms in total. The molecule has 1 amide bonds. The zero-order valence-corrected chi connectivity index (χ0v) is 22.8. The highest BCUT2D eigenvalue weighted by atomic mass is 35.5. The van der Waals surface area contributed by atoms with Gasteiger partial charge in [-0.3, -0.25) is 14.8 Å². The van der Waals surface area contributed by atoms with Gasteiger partial charge in [0, 0.05) is 42.3 Å². The Balaban J connectivity index is 1.48. The average Bonchev–Trinajstić information content (AvgIpc) is 3.49. The van der Waals surface area contributed by atoms with Crippen LogP contribution in [0.5, 0.6) is 11.5 Å². The van der Waals surface area contributed by atoms with E-state index in [1.807, 2.05) is 47.4 Å². The summed E-state index contributed by atoms with van der Waals surface area (Å²) in [5, 5.41) is 8.26. The lowest BCUT2D eigenvalue weighted by Gasteiger charge is -2.30. The number of H-pyrrole nitrogens is 1. The Morgan fingerprint density at radius 2 is 1.87 bits per heavy atom. The predicted octanol–water partition coefficient (Wildman–Crippen LogP) is 5.19. The molecule has 1 atom stereocenters. The van der Waals surface area contributed by atoms with Crippen molar-refractivity contribution in [2.45, 2.75) is 32.2 Å². The number of aromatic amines is 1. The Hall–Kier alpha value is -3.07. The number of amides is 1. The minimum atomic E-state index is -0.301. The summed E-state index contributed by atoms with van der Waals surface area (Å²) in [5.74, 6) is 1.32. The first-order valence-corrected chi connectivity index (χ1v) is 13.7. The number of aromatic nitrogens is 2. The van der Waals surface area contributed by atoms with Crippen molar-refractivity contribution in [1.29, 1.82) is 0 Å². The Bertz CT molecular complexity index is 1240. The lowest BCUT2D eigenvalue weighted by atomic mass is 9.95. The first-order chi connectivity index (χ1) is 18.6. The molecule has 1 fully saturated rings. The molecule has 0 bridgehead atoms. The summed E-state index contributed by atoms with van der Waals surface area (Å²) in [4.78, 5) is 18.0. The molecule has 0 radical (unpaired) electrons. The lowest BCUT2D eigenvalue weighted by molar-refractivity contribution is 0.0354. The van der Waals surface area contributed by atoms with Gasteiger partial charge in [-0.05, 0) is 42.7 Å². The molecule has 0 aliphatic carbocycles. The van der Waals surface area contributed by atoms with Gasteiger partial charge >= 0.3 is 0 Å². The van der Waals surface area contributed by atoms with Gasteiger partial charge in [-0.1, -0.05) is 43.1 Å². The van der Waals surface area contributed by atoms with Crippen LogP contribution in [0.25, 0.3) is 11.3 Å². The van der Waals surface area contributed by atoms with Gasteiger partial charge in [0.1, 0.15) is 5.69 Å². The largest absolute Gasteiger partial charge is 0.493 e. The van der Waals surface area contributed by atoms with Gasteiger partial charge in [-0.2, -0.15) is 5.10 Å². The number of hydrogen-bond acceptors (Lipinski definition) is 6. The van der Waals surface area contributed by atoms with Crippen LogP contribution < -0.4 is 9.47 Å². The molecule has 1 unspecified atom stereocenters. The van der Waals surface area contributed by atoms with Crippen molar-refractivity contribution in [3.8, 4) is 22.8 Å². The molecule has 0 spiro atoms. The van der Waals surface area contributed by atoms with E-state index < -0.39 is 0 Å². The lowest BCUT2D eigenvalue weighted by Crippen LogP contribution is -2.38. The maximum absolute atomic E-state index is 13.7. The molecule has 2 aromatic carbocycles. The first-order valence-electron chi connectivity index (χ1n) is 13.4. The maximum atomic E-state index is 13.7. The molecule has 202 valence electrons. The standard InChI is InChI=1S/C29H35ClN4O4/c1-3-4-16-38-23-11-8-21(19-24(23)36-2)28-25-26(20-6-9-22(30)10-7-20)31-32-27(25)29(35)34(28)13-5-12-33-14-17-37-18-15-33/h6-11,19,28H,3-5,12-18H2,1-2H3,(H,31,32). The number of halogens is 1. The van der Waals surface area contributed by atoms with Crippen LogP contribution in [0.4, 0.5) is 0 Å². The third-order valence-corrected chi connectivity index (χ3v) is 7.47. The molecule has 9 heteroatoms. The molecule has 5 rings (SSSR count). The van der Waals surface area contributed by atoms with Crippen molar-refractivity contribution in [3.63, 3.8) is 0 Å². The van der Waals surface area contributed by atoms with Crippen LogP contribution in [-0.2, 0) is 4.74 Å². The van der Waals surface area contributed by atoms with Gasteiger partial charge in [0.25, 0.3) is 5.91 Å². The van der Waals surface area contributed by atoms with Crippen molar-refractivity contribution in [1.82, 2.24) is 20.0 Å². The monoisotopic (exact) mass is 538 g/mol. The molecule has 0 saturated carbocycles. The fourth-order valence-corrected chi connectivity index (χ4v) is 5.32. The molecule has 1 saturated heterocycles. The van der Waals surface area contributed by atoms with Crippen LogP contribution in [0.1, 0.15) is 53.8 Å². The molecule has 1 N–H and O–H groups in total. The molecule has 3 aromatic rings. The van der Waals surface area contributed by atoms with Crippen molar-refractivity contribution in [2.75, 3.05) is 53.1 Å². The van der Waals surface area contributed by atoms with E-state index in [2.05, 4.69) is 22.0 Å². The van der Waals surface area contributed by atoms with Crippen molar-refractivity contribution < 1.29 is 19.0 Å². The van der Waals surface area contributed by atoms with Gasteiger partial charge in [-0.25, -0.2) is 0 Å². The topological polar surface area (TPSA) is 79.9 Å². The van der Waals surface area contributed by atoms with Gasteiger partial charge in [-0.15, -0.1) is 0 Å². The van der Waals surface area contributed by atoms with Crippen molar-refractivity contribution in [3.05, 3.63) is 64.3 Å². The molecular formula is C29H35ClN4O4. The average molecular weight is 539 g/mol. The smallest absolute Gasteiger partial charge is 0.273 e. The van der Waals surface area contributed by atoms with E-state index in [0.717, 1.165) is 74.5 Å². The zero-order valence-electron chi connectivity index (χ0n) is 22.0. The van der Waals surface area contributed by atoms with E-state index in [-0.39, 0.29) is 11.9 Å². The summed E-state index contributed by atoms with van der Waals surface area (Å²) in [6.45, 7) is 7.69. The van der Waals surface area contributed by atoms with E-state index in [1.165, 1.54) is 0 Å². The third-order valence-electron chi connectivity index (χ3n) is 7.22. The molecule has 3 heterocycles. The fraction of sp³-hybridized carbons (Fsp3) is 0.448. The number of nitrogens with one attached hydrogen (secondary N) is 1. The minimum absolute atomic E-state index is 0.0399. The summed E-state index contributed by atoms with van der Waals surface area (Å²) in [6.07, 6.45) is 2.90. The number of carbonyl (C=O) groups is 1. The predicted molar refractivity (Wildman–Crippen MR) is 147 cm³/mol. The van der Waals surface area contributed by atoms with Gasteiger partial charge in [0.2, 0.25) is 0 Å². The number of carbonyl (C=O) groups excluding carboxylic acids is 1. The number of hydrogen-bond donors (Lipinski definition) is 1. The quantitative estimate of drug-likeness (QED) is 0.339. The minimum Gasteiger partial charge on any atom is -0.493 e. The normalized spacial score (nSPS) is 17.6. The van der Waals surface area contributed by atoms with Crippen LogP contribution in [0.15, 0.2) is 42.5 Å². The third kappa shape index (κ3) is 5.53. The highest BCUT2D eigenvalue weighted by Crippen LogP contribution is 2.44. The summed E-state index contributed by atoms with van der Waals surface area (Å²) in [6, 6.07) is 13.2. The van der Waals surface area contributed by atoms with E-state index >= 15 is 0 Å². The van der Waals surface area contributed by atoms with E-state index in [9.17, 15) is 4.79 Å². The Morgan fingerprint density at radius 3 is 2.61 bits per heavy atom. The molecule has 2 aliphatic heterocycles. The second kappa shape index (κ2) is 12.2. The SMILES string of the molecule is CCCCOc1ccc(C2c3c(-c4ccc(Cl)cc4)n[nH]c3C(=O)N2CCCN2CCOCC2)cc1OC. The van der Waals surface area contributed by atoms with Crippen molar-refractivity contribution >= 4 is 17.5 Å². The van der Waals surface area contributed by atoms with E-state index in [1.54, 1.807) is 7.11 Å². The molecular weight excluding hydrogens is 504 g/mol. The van der Waals surface area contributed by atoms with Crippen LogP contribution in [0.2, 0.25) is 5.02 Å². The number of morpholine rings is 1. The number of rotatable bonds is 11. The second-order valence-corrected chi connectivity index (χ2v) is 10.1. The van der Waals surface area contributed by atoms with Crippen LogP contribution in [0, 0.1) is 0 Å². The van der Waals surface area contributed by atoms with Gasteiger partial charge in [0.05, 0.1) is 38.7 Å². The Kier molecular flexibility index (Phi) is 8.51. The number of ether oxygens (including phenoxy) is 3. The molecule has 2 aliphatic rings. The number of fused-ring (bicyclic) bond motifs is 1. The number of unbranched alkanes of at least 4 members (excludes halogenated alkanes) is 1. The highest BCUT2D eigenvalue weighted by molar-refractivity contribution is 6.30. The fourth-order valence-electron chi connectivity index (χ4n) is 5.19. The number of benzene rings is 2. The van der Waals surface area contributed by atoms with Crippen molar-refractivity contribution in [2.24, 2.45) is 0 Å². The van der Waals surface area contributed by atoms with Crippen LogP contribution in [0.3, 0.4) is 0 Å². The summed E-state index contributed by atoms with van der Waals surface area (Å²) in [7, 11) is 1.65. The Labute approximate surface area is 228 Å². The van der Waals surface area contributed by atoms with E-state index in [4.69, 9.17) is 25.8 Å². The summed E-state index contributed by atoms with van der Waals surface area (Å²) < 4.78 is 17.2. The zero-order chi connectivity index (χ0) is 26.5. The number of nitrogens with zero attached hydrogens (tertiary/aromatic N) is 3.